The van der Waals surface area contributed by atoms with E-state index in [1.54, 1.807) is 0 Å². The van der Waals surface area contributed by atoms with Crippen molar-refractivity contribution in [2.24, 2.45) is 4.99 Å². The van der Waals surface area contributed by atoms with E-state index in [0.717, 1.165) is 25.6 Å². The van der Waals surface area contributed by atoms with Gasteiger partial charge in [-0.25, -0.2) is 0 Å². The second kappa shape index (κ2) is 8.97. The molecule has 1 atom stereocenters. The summed E-state index contributed by atoms with van der Waals surface area (Å²) < 4.78 is 0.363. The summed E-state index contributed by atoms with van der Waals surface area (Å²) in [6, 6.07) is 0. The van der Waals surface area contributed by atoms with Crippen LogP contribution in [0.5, 0.6) is 0 Å². The van der Waals surface area contributed by atoms with Gasteiger partial charge < -0.3 is 10.6 Å². The lowest BCUT2D eigenvalue weighted by Crippen LogP contribution is -2.39. The monoisotopic (exact) mass is 289 g/mol. The third-order valence-corrected chi connectivity index (χ3v) is 5.25. The number of nitrogens with zero attached hydrogens (tertiary/aromatic N) is 1. The zero-order valence-corrected chi connectivity index (χ0v) is 13.6. The molecule has 0 radical (unpaired) electrons. The summed E-state index contributed by atoms with van der Waals surface area (Å²) >= 11 is 3.97. The Labute approximate surface area is 120 Å². The lowest BCUT2D eigenvalue weighted by molar-refractivity contribution is 0.614. The number of nitrogens with one attached hydrogen (secondary N) is 2. The van der Waals surface area contributed by atoms with E-state index in [0.29, 0.717) is 4.75 Å². The molecule has 5 heteroatoms. The number of rotatable bonds is 7. The topological polar surface area (TPSA) is 36.4 Å². The predicted octanol–water partition coefficient (Wildman–Crippen LogP) is 2.58. The quantitative estimate of drug-likeness (QED) is 0.429. The van der Waals surface area contributed by atoms with E-state index in [4.69, 9.17) is 4.99 Å². The second-order valence-corrected chi connectivity index (χ2v) is 7.54. The summed E-state index contributed by atoms with van der Waals surface area (Å²) in [6.45, 7) is 7.32. The van der Waals surface area contributed by atoms with Crippen molar-refractivity contribution in [2.45, 2.75) is 37.9 Å². The largest absolute Gasteiger partial charge is 0.357 e. The average molecular weight is 290 g/mol. The molecule has 2 N–H and O–H groups in total. The van der Waals surface area contributed by atoms with Crippen LogP contribution in [0.4, 0.5) is 0 Å². The van der Waals surface area contributed by atoms with Crippen LogP contribution in [-0.4, -0.2) is 48.1 Å². The minimum absolute atomic E-state index is 0.363. The molecule has 0 aromatic heterocycles. The predicted molar refractivity (Wildman–Crippen MR) is 87.1 cm³/mol. The van der Waals surface area contributed by atoms with Crippen molar-refractivity contribution >= 4 is 29.5 Å². The molecule has 1 unspecified atom stereocenters. The molecule has 0 aliphatic carbocycles. The highest BCUT2D eigenvalue weighted by molar-refractivity contribution is 8.00. The molecule has 0 amide bonds. The number of aliphatic imine (C=N–C) groups is 1. The highest BCUT2D eigenvalue weighted by atomic mass is 32.2. The smallest absolute Gasteiger partial charge is 0.191 e. The Morgan fingerprint density at radius 1 is 1.44 bits per heavy atom. The van der Waals surface area contributed by atoms with Gasteiger partial charge in [-0.1, -0.05) is 0 Å². The number of guanidine groups is 1. The molecule has 106 valence electrons. The fourth-order valence-electron chi connectivity index (χ4n) is 1.97. The Bertz CT molecular complexity index is 251. The second-order valence-electron chi connectivity index (χ2n) is 4.87. The van der Waals surface area contributed by atoms with Gasteiger partial charge in [-0.2, -0.15) is 23.5 Å². The molecular formula is C13H27N3S2. The highest BCUT2D eigenvalue weighted by Crippen LogP contribution is 2.37. The number of thioether (sulfide) groups is 2. The van der Waals surface area contributed by atoms with Gasteiger partial charge in [0.25, 0.3) is 0 Å². The van der Waals surface area contributed by atoms with Crippen molar-refractivity contribution in [2.75, 3.05) is 37.4 Å². The Morgan fingerprint density at radius 3 is 2.89 bits per heavy atom. The minimum Gasteiger partial charge on any atom is -0.357 e. The van der Waals surface area contributed by atoms with Crippen LogP contribution in [-0.2, 0) is 0 Å². The fraction of sp³-hybridized carbons (Fsp3) is 0.923. The van der Waals surface area contributed by atoms with E-state index in [9.17, 15) is 0 Å². The molecule has 18 heavy (non-hydrogen) atoms. The van der Waals surface area contributed by atoms with Gasteiger partial charge in [-0.05, 0) is 50.9 Å². The van der Waals surface area contributed by atoms with Crippen LogP contribution >= 0.6 is 23.5 Å². The summed E-state index contributed by atoms with van der Waals surface area (Å²) in [5.41, 5.74) is 0. The summed E-state index contributed by atoms with van der Waals surface area (Å²) in [5, 5.41) is 6.74. The van der Waals surface area contributed by atoms with Crippen LogP contribution in [0.2, 0.25) is 0 Å². The van der Waals surface area contributed by atoms with Gasteiger partial charge in [0.2, 0.25) is 0 Å². The first kappa shape index (κ1) is 16.0. The molecule has 1 heterocycles. The van der Waals surface area contributed by atoms with Crippen molar-refractivity contribution in [3.8, 4) is 0 Å². The standard InChI is InChI=1S/C13H27N3S2/c1-4-14-12(15-8-6-9-17-3)16-11-13(2)7-5-10-18-13/h4-11H2,1-3H3,(H2,14,15,16). The third-order valence-electron chi connectivity index (χ3n) is 3.03. The van der Waals surface area contributed by atoms with E-state index in [1.165, 1.54) is 30.8 Å². The minimum atomic E-state index is 0.363. The summed E-state index contributed by atoms with van der Waals surface area (Å²) in [5.74, 6) is 3.48. The van der Waals surface area contributed by atoms with Crippen LogP contribution in [0, 0.1) is 0 Å². The Hall–Kier alpha value is -0.0300. The third kappa shape index (κ3) is 6.23. The van der Waals surface area contributed by atoms with Crippen LogP contribution in [0.1, 0.15) is 33.1 Å². The van der Waals surface area contributed by atoms with E-state index in [-0.39, 0.29) is 0 Å². The van der Waals surface area contributed by atoms with Gasteiger partial charge in [0.15, 0.2) is 5.96 Å². The van der Waals surface area contributed by atoms with E-state index in [2.05, 4.69) is 42.5 Å². The van der Waals surface area contributed by atoms with Crippen LogP contribution in [0.25, 0.3) is 0 Å². The molecular weight excluding hydrogens is 262 g/mol. The van der Waals surface area contributed by atoms with Crippen molar-refractivity contribution < 1.29 is 0 Å². The maximum atomic E-state index is 4.73. The van der Waals surface area contributed by atoms with Crippen molar-refractivity contribution in [3.05, 3.63) is 0 Å². The van der Waals surface area contributed by atoms with E-state index in [1.807, 2.05) is 11.8 Å². The lowest BCUT2D eigenvalue weighted by atomic mass is 10.1. The van der Waals surface area contributed by atoms with Crippen LogP contribution < -0.4 is 10.6 Å². The van der Waals surface area contributed by atoms with Crippen molar-refractivity contribution in [1.29, 1.82) is 0 Å². The highest BCUT2D eigenvalue weighted by Gasteiger charge is 2.29. The molecule has 1 rings (SSSR count). The molecule has 0 saturated carbocycles. The molecule has 0 spiro atoms. The Balaban J connectivity index is 2.34. The maximum Gasteiger partial charge on any atom is 0.191 e. The summed E-state index contributed by atoms with van der Waals surface area (Å²) in [6.07, 6.45) is 5.98. The van der Waals surface area contributed by atoms with Gasteiger partial charge in [-0.3, -0.25) is 4.99 Å². The first-order valence-electron chi connectivity index (χ1n) is 6.85. The maximum absolute atomic E-state index is 4.73. The molecule has 0 aromatic carbocycles. The van der Waals surface area contributed by atoms with Crippen LogP contribution in [0.15, 0.2) is 4.99 Å². The average Bonchev–Trinajstić information content (AvgIpc) is 2.79. The van der Waals surface area contributed by atoms with Crippen molar-refractivity contribution in [3.63, 3.8) is 0 Å². The van der Waals surface area contributed by atoms with E-state index >= 15 is 0 Å². The van der Waals surface area contributed by atoms with Gasteiger partial charge >= 0.3 is 0 Å². The zero-order chi connectivity index (χ0) is 13.3. The molecule has 1 saturated heterocycles. The Kier molecular flexibility index (Phi) is 7.98. The SMILES string of the molecule is CCNC(=NCC1(C)CCCS1)NCCCSC. The van der Waals surface area contributed by atoms with E-state index < -0.39 is 0 Å². The van der Waals surface area contributed by atoms with Gasteiger partial charge in [-0.15, -0.1) is 0 Å². The van der Waals surface area contributed by atoms with Gasteiger partial charge in [0, 0.05) is 17.8 Å². The molecule has 0 bridgehead atoms. The molecule has 1 aliphatic rings. The number of hydrogen-bond donors (Lipinski definition) is 2. The van der Waals surface area contributed by atoms with Gasteiger partial charge in [0.05, 0.1) is 6.54 Å². The summed E-state index contributed by atoms with van der Waals surface area (Å²) in [4.78, 5) is 4.73. The first-order chi connectivity index (χ1) is 8.70. The zero-order valence-electron chi connectivity index (χ0n) is 11.9. The summed E-state index contributed by atoms with van der Waals surface area (Å²) in [7, 11) is 0. The fourth-order valence-corrected chi connectivity index (χ4v) is 3.63. The molecule has 0 aromatic rings. The Morgan fingerprint density at radius 2 is 2.28 bits per heavy atom. The molecule has 3 nitrogen and oxygen atoms in total. The van der Waals surface area contributed by atoms with Crippen LogP contribution in [0.3, 0.4) is 0 Å². The molecule has 1 aliphatic heterocycles. The lowest BCUT2D eigenvalue weighted by Gasteiger charge is -2.21. The van der Waals surface area contributed by atoms with Crippen molar-refractivity contribution in [1.82, 2.24) is 10.6 Å². The number of hydrogen-bond acceptors (Lipinski definition) is 3. The van der Waals surface area contributed by atoms with Gasteiger partial charge in [0.1, 0.15) is 0 Å². The first-order valence-corrected chi connectivity index (χ1v) is 9.23. The molecule has 1 fully saturated rings. The normalized spacial score (nSPS) is 24.3.